The van der Waals surface area contributed by atoms with E-state index in [4.69, 9.17) is 0 Å². The zero-order valence-corrected chi connectivity index (χ0v) is 50.7. The van der Waals surface area contributed by atoms with E-state index in [1.54, 1.807) is 20.8 Å². The summed E-state index contributed by atoms with van der Waals surface area (Å²) >= 11 is 5.91. The van der Waals surface area contributed by atoms with Gasteiger partial charge < -0.3 is 29.7 Å². The van der Waals surface area contributed by atoms with Crippen molar-refractivity contribution < 1.29 is 39.2 Å². The van der Waals surface area contributed by atoms with Gasteiger partial charge >= 0.3 is 62.4 Å². The van der Waals surface area contributed by atoms with Crippen molar-refractivity contribution in [1.29, 1.82) is 0 Å². The van der Waals surface area contributed by atoms with Gasteiger partial charge in [-0.25, -0.2) is 0 Å². The van der Waals surface area contributed by atoms with Gasteiger partial charge in [0.25, 0.3) is 0 Å². The summed E-state index contributed by atoms with van der Waals surface area (Å²) in [7, 11) is 0. The molecule has 3 unspecified atom stereocenters. The number of thioether (sulfide) groups is 3. The van der Waals surface area contributed by atoms with Crippen molar-refractivity contribution in [2.45, 2.75) is 306 Å². The van der Waals surface area contributed by atoms with Crippen LogP contribution in [0.4, 0.5) is 0 Å². The Morgan fingerprint density at radius 2 is 0.559 bits per heavy atom. The molecule has 68 heavy (non-hydrogen) atoms. The van der Waals surface area contributed by atoms with Crippen LogP contribution in [0.3, 0.4) is 0 Å². The molecule has 0 spiro atoms. The average Bonchev–Trinajstić information content (AvgIpc) is 3.31. The molecule has 0 aliphatic carbocycles. The monoisotopic (exact) mass is 1120 g/mol. The van der Waals surface area contributed by atoms with E-state index in [-0.39, 0.29) is 21.7 Å². The SMILES string of the molecule is CCCCCCCCCCCCCCSC(C)C(=O)[O-].CCCCCCCCCCCCCCSC(C)C(=O)[O-].CCCCCCCCCCCCCCSC(C)C(=O)[O-].CCOC(=O)C[CH2][Sn+3]. The average molecular weight is 1120 g/mol. The summed E-state index contributed by atoms with van der Waals surface area (Å²) in [5.41, 5.74) is 0. The normalized spacial score (nSPS) is 12.1. The Kier molecular flexibility index (Phi) is 70.7. The molecule has 8 nitrogen and oxygen atoms in total. The van der Waals surface area contributed by atoms with Crippen molar-refractivity contribution in [3.8, 4) is 0 Å². The first-order chi connectivity index (χ1) is 32.9. The van der Waals surface area contributed by atoms with Crippen LogP contribution >= 0.6 is 35.3 Å². The molecule has 0 amide bonds. The molecular formula is C56H108O8S3Sn. The fourth-order valence-electron chi connectivity index (χ4n) is 7.15. The second-order valence-electron chi connectivity index (χ2n) is 18.5. The van der Waals surface area contributed by atoms with Crippen molar-refractivity contribution in [2.24, 2.45) is 0 Å². The third-order valence-electron chi connectivity index (χ3n) is 11.7. The first-order valence-corrected chi connectivity index (χ1v) is 33.3. The van der Waals surface area contributed by atoms with Gasteiger partial charge in [0.2, 0.25) is 0 Å². The third kappa shape index (κ3) is 70.0. The van der Waals surface area contributed by atoms with Gasteiger partial charge in [-0.15, -0.1) is 0 Å². The molecule has 0 saturated carbocycles. The summed E-state index contributed by atoms with van der Waals surface area (Å²) in [4.78, 5) is 42.0. The number of unbranched alkanes of at least 4 members (excludes halogenated alkanes) is 33. The van der Waals surface area contributed by atoms with Gasteiger partial charge in [0, 0.05) is 15.7 Å². The van der Waals surface area contributed by atoms with Crippen LogP contribution in [-0.4, -0.2) is 86.0 Å². The predicted octanol–water partition coefficient (Wildman–Crippen LogP) is 14.2. The fraction of sp³-hybridized carbons (Fsp3) is 0.929. The van der Waals surface area contributed by atoms with Crippen LogP contribution in [0.15, 0.2) is 0 Å². The zero-order chi connectivity index (χ0) is 51.6. The van der Waals surface area contributed by atoms with Crippen LogP contribution in [0.2, 0.25) is 4.44 Å². The molecule has 0 aromatic carbocycles. The molecule has 402 valence electrons. The first kappa shape index (κ1) is 74.3. The Hall–Kier alpha value is -0.271. The maximum absolute atomic E-state index is 10.5. The number of carbonyl (C=O) groups excluding carboxylic acids is 4. The van der Waals surface area contributed by atoms with Gasteiger partial charge in [0.1, 0.15) is 0 Å². The van der Waals surface area contributed by atoms with Crippen molar-refractivity contribution in [1.82, 2.24) is 0 Å². The first-order valence-electron chi connectivity index (χ1n) is 28.1. The number of rotatable bonds is 48. The van der Waals surface area contributed by atoms with Crippen LogP contribution < -0.4 is 15.3 Å². The van der Waals surface area contributed by atoms with Gasteiger partial charge in [-0.05, 0) is 57.3 Å². The van der Waals surface area contributed by atoms with Crippen LogP contribution in [0.25, 0.3) is 0 Å². The molecule has 0 aliphatic rings. The quantitative estimate of drug-likeness (QED) is 0.0326. The number of hydrogen-bond acceptors (Lipinski definition) is 11. The summed E-state index contributed by atoms with van der Waals surface area (Å²) in [6.45, 7) is 14.2. The van der Waals surface area contributed by atoms with E-state index in [0.29, 0.717) is 13.0 Å². The van der Waals surface area contributed by atoms with E-state index in [0.717, 1.165) is 41.0 Å². The topological polar surface area (TPSA) is 147 Å². The second-order valence-corrected chi connectivity index (χ2v) is 24.2. The Balaban J connectivity index is -0.000000417. The summed E-state index contributed by atoms with van der Waals surface area (Å²) in [5, 5.41) is 30.5. The molecule has 0 rings (SSSR count). The summed E-state index contributed by atoms with van der Waals surface area (Å²) in [6.07, 6.45) is 49.1. The molecule has 0 N–H and O–H groups in total. The van der Waals surface area contributed by atoms with Crippen molar-refractivity contribution in [3.05, 3.63) is 0 Å². The summed E-state index contributed by atoms with van der Waals surface area (Å²) < 4.78 is 5.62. The molecule has 0 fully saturated rings. The minimum atomic E-state index is -0.936. The maximum atomic E-state index is 10.5. The van der Waals surface area contributed by atoms with E-state index in [1.165, 1.54) is 270 Å². The predicted molar refractivity (Wildman–Crippen MR) is 296 cm³/mol. The number of hydrogen-bond donors (Lipinski definition) is 0. The summed E-state index contributed by atoms with van der Waals surface area (Å²) in [6, 6.07) is 0. The fourth-order valence-corrected chi connectivity index (χ4v) is 10.3. The third-order valence-corrected chi connectivity index (χ3v) is 16.1. The van der Waals surface area contributed by atoms with E-state index < -0.39 is 17.9 Å². The molecule has 0 radical (unpaired) electrons. The van der Waals surface area contributed by atoms with Crippen LogP contribution in [0.5, 0.6) is 0 Å². The van der Waals surface area contributed by atoms with Crippen molar-refractivity contribution in [2.75, 3.05) is 23.9 Å². The van der Waals surface area contributed by atoms with Crippen LogP contribution in [-0.2, 0) is 23.9 Å². The number of esters is 1. The van der Waals surface area contributed by atoms with E-state index in [2.05, 4.69) is 25.5 Å². The Labute approximate surface area is 448 Å². The molecule has 12 heteroatoms. The number of ether oxygens (including phenoxy) is 1. The van der Waals surface area contributed by atoms with Crippen LogP contribution in [0.1, 0.15) is 286 Å². The van der Waals surface area contributed by atoms with Gasteiger partial charge in [0.05, 0.1) is 17.9 Å². The zero-order valence-electron chi connectivity index (χ0n) is 45.4. The molecule has 0 heterocycles. The molecule has 0 aromatic heterocycles. The molecule has 3 atom stereocenters. The Bertz CT molecular complexity index is 923. The van der Waals surface area contributed by atoms with Crippen molar-refractivity contribution >= 4 is 81.7 Å². The number of carboxylic acid groups (broad SMARTS) is 3. The van der Waals surface area contributed by atoms with Crippen LogP contribution in [0, 0.1) is 0 Å². The number of aliphatic carboxylic acids is 3. The molecule has 0 aliphatic heterocycles. The molecule has 0 bridgehead atoms. The van der Waals surface area contributed by atoms with Crippen molar-refractivity contribution in [3.63, 3.8) is 0 Å². The standard InChI is InChI=1S/3C17H34O2S.C5H9O2.Sn/c3*1-3-4-5-6-7-8-9-10-11-12-13-14-15-20-16(2)17(18)19;1-3-5(6)7-4-2;/h3*16H,3-15H2,1-2H3,(H,18,19);1,3-4H2,2H3;/q;;;;+3/p-3. The van der Waals surface area contributed by atoms with Gasteiger partial charge in [-0.1, -0.05) is 233 Å². The number of carbonyl (C=O) groups is 4. The minimum absolute atomic E-state index is 0.0655. The molecular weight excluding hydrogens is 1020 g/mol. The second kappa shape index (κ2) is 64.7. The Morgan fingerprint density at radius 3 is 0.721 bits per heavy atom. The van der Waals surface area contributed by atoms with E-state index in [9.17, 15) is 34.5 Å². The van der Waals surface area contributed by atoms with Gasteiger partial charge in [-0.3, -0.25) is 0 Å². The molecule has 0 aromatic rings. The number of carboxylic acids is 3. The van der Waals surface area contributed by atoms with E-state index in [1.807, 2.05) is 6.92 Å². The van der Waals surface area contributed by atoms with E-state index >= 15 is 0 Å². The van der Waals surface area contributed by atoms with Gasteiger partial charge in [0.15, 0.2) is 0 Å². The van der Waals surface area contributed by atoms with Gasteiger partial charge in [-0.2, -0.15) is 35.3 Å². The Morgan fingerprint density at radius 1 is 0.368 bits per heavy atom. The molecule has 0 saturated heterocycles. The summed E-state index contributed by atoms with van der Waals surface area (Å²) in [5.74, 6) is -0.0211.